The predicted octanol–water partition coefficient (Wildman–Crippen LogP) is 15.4. The molecular formula is C52H28F8N2. The number of halogens is 8. The fourth-order valence-corrected chi connectivity index (χ4v) is 8.16. The van der Waals surface area contributed by atoms with Crippen LogP contribution in [0.25, 0.3) is 101 Å². The molecule has 2 heterocycles. The SMILES string of the molecule is Fc1c(F)c(-c2c(F)c(F)c(C=Cc3ccc(-c4cccc5c4[nH]c4ccccc45)cc3)c(F)c2F)c(F)c(F)c1C=Cc1ccc(-c2cccc3c2[nH]c2ccccc23)cc1. The van der Waals surface area contributed by atoms with Gasteiger partial charge in [0.05, 0.1) is 33.3 Å². The fraction of sp³-hybridized carbons (Fsp3) is 0. The minimum Gasteiger partial charge on any atom is -0.354 e. The lowest BCUT2D eigenvalue weighted by atomic mass is 9.96. The number of H-pyrrole nitrogens is 2. The third-order valence-electron chi connectivity index (χ3n) is 11.3. The number of rotatable bonds is 7. The van der Waals surface area contributed by atoms with Crippen molar-refractivity contribution in [3.63, 3.8) is 0 Å². The zero-order chi connectivity index (χ0) is 42.8. The normalized spacial score (nSPS) is 12.1. The summed E-state index contributed by atoms with van der Waals surface area (Å²) in [6, 6.07) is 40.9. The molecule has 2 aromatic heterocycles. The van der Waals surface area contributed by atoms with Crippen molar-refractivity contribution in [2.75, 3.05) is 0 Å². The summed E-state index contributed by atoms with van der Waals surface area (Å²) in [6.45, 7) is 0. The first kappa shape index (κ1) is 38.5. The van der Waals surface area contributed by atoms with E-state index >= 15 is 35.1 Å². The first-order chi connectivity index (χ1) is 30.1. The molecule has 0 fully saturated rings. The molecule has 2 nitrogen and oxygen atoms in total. The maximum Gasteiger partial charge on any atom is 0.170 e. The van der Waals surface area contributed by atoms with Gasteiger partial charge in [-0.15, -0.1) is 0 Å². The van der Waals surface area contributed by atoms with E-state index in [2.05, 4.69) is 9.97 Å². The summed E-state index contributed by atoms with van der Waals surface area (Å²) < 4.78 is 124. The average molecular weight is 833 g/mol. The standard InChI is InChI=1S/C52H28F8N2/c53-43-37(25-19-27-15-21-29(22-16-27)31-9-5-11-35-33-7-1-3-13-39(33)61-51(31)35)44(54)48(58)41(47(43)57)42-49(59)45(55)38(46(56)50(42)60)26-20-28-17-23-30(24-18-28)32-10-6-12-36-34-8-2-4-14-40(34)62-52(32)36/h1-26,61-62H. The van der Waals surface area contributed by atoms with Crippen LogP contribution in [0.3, 0.4) is 0 Å². The van der Waals surface area contributed by atoms with Crippen LogP contribution in [0.5, 0.6) is 0 Å². The molecule has 0 atom stereocenters. The molecule has 302 valence electrons. The summed E-state index contributed by atoms with van der Waals surface area (Å²) >= 11 is 0. The van der Waals surface area contributed by atoms with Crippen molar-refractivity contribution in [3.05, 3.63) is 202 Å². The van der Waals surface area contributed by atoms with E-state index in [0.29, 0.717) is 11.1 Å². The summed E-state index contributed by atoms with van der Waals surface area (Å²) in [6.07, 6.45) is 3.88. The third-order valence-corrected chi connectivity index (χ3v) is 11.3. The van der Waals surface area contributed by atoms with Crippen LogP contribution in [0.4, 0.5) is 35.1 Å². The molecule has 0 aliphatic heterocycles. The number of benzene rings is 8. The zero-order valence-corrected chi connectivity index (χ0v) is 32.0. The molecule has 8 aromatic carbocycles. The van der Waals surface area contributed by atoms with Gasteiger partial charge in [0.25, 0.3) is 0 Å². The van der Waals surface area contributed by atoms with Gasteiger partial charge in [-0.3, -0.25) is 0 Å². The second-order valence-electron chi connectivity index (χ2n) is 14.8. The summed E-state index contributed by atoms with van der Waals surface area (Å²) in [5, 5.41) is 4.15. The van der Waals surface area contributed by atoms with Crippen LogP contribution < -0.4 is 0 Å². The van der Waals surface area contributed by atoms with Gasteiger partial charge in [0.2, 0.25) is 0 Å². The molecule has 2 N–H and O–H groups in total. The summed E-state index contributed by atoms with van der Waals surface area (Å²) in [5.41, 5.74) is 1.65. The average Bonchev–Trinajstić information content (AvgIpc) is 3.88. The van der Waals surface area contributed by atoms with Crippen LogP contribution in [0.15, 0.2) is 133 Å². The quantitative estimate of drug-likeness (QED) is 0.0911. The largest absolute Gasteiger partial charge is 0.354 e. The van der Waals surface area contributed by atoms with Crippen molar-refractivity contribution in [3.8, 4) is 33.4 Å². The monoisotopic (exact) mass is 832 g/mol. The van der Waals surface area contributed by atoms with Crippen LogP contribution in [0.2, 0.25) is 0 Å². The number of hydrogen-bond donors (Lipinski definition) is 2. The lowest BCUT2D eigenvalue weighted by Crippen LogP contribution is -2.09. The molecule has 10 heteroatoms. The Morgan fingerprint density at radius 1 is 0.306 bits per heavy atom. The van der Waals surface area contributed by atoms with Gasteiger partial charge in [0.1, 0.15) is 0 Å². The van der Waals surface area contributed by atoms with Crippen molar-refractivity contribution in [2.45, 2.75) is 0 Å². The van der Waals surface area contributed by atoms with E-state index in [0.717, 1.165) is 78.0 Å². The lowest BCUT2D eigenvalue weighted by Gasteiger charge is -2.14. The first-order valence-electron chi connectivity index (χ1n) is 19.4. The predicted molar refractivity (Wildman–Crippen MR) is 232 cm³/mol. The molecule has 0 radical (unpaired) electrons. The first-order valence-corrected chi connectivity index (χ1v) is 19.4. The van der Waals surface area contributed by atoms with Crippen molar-refractivity contribution in [2.24, 2.45) is 0 Å². The highest BCUT2D eigenvalue weighted by Gasteiger charge is 2.33. The van der Waals surface area contributed by atoms with Crippen LogP contribution >= 0.6 is 0 Å². The Labute approximate surface area is 347 Å². The molecule has 0 saturated heterocycles. The van der Waals surface area contributed by atoms with E-state index in [9.17, 15) is 0 Å². The summed E-state index contributed by atoms with van der Waals surface area (Å²) in [4.78, 5) is 6.85. The number of para-hydroxylation sites is 4. The molecule has 0 aliphatic rings. The number of nitrogens with one attached hydrogen (secondary N) is 2. The summed E-state index contributed by atoms with van der Waals surface area (Å²) in [5.74, 6) is -17.1. The molecule has 0 spiro atoms. The molecule has 10 rings (SSSR count). The highest BCUT2D eigenvalue weighted by Crippen LogP contribution is 2.40. The molecule has 0 amide bonds. The minimum atomic E-state index is -2.24. The Bertz CT molecular complexity index is 3200. The van der Waals surface area contributed by atoms with Crippen molar-refractivity contribution in [1.82, 2.24) is 9.97 Å². The van der Waals surface area contributed by atoms with E-state index in [1.807, 2.05) is 84.9 Å². The minimum absolute atomic E-state index is 0.394. The smallest absolute Gasteiger partial charge is 0.170 e. The topological polar surface area (TPSA) is 31.6 Å². The fourth-order valence-electron chi connectivity index (χ4n) is 8.16. The van der Waals surface area contributed by atoms with Gasteiger partial charge in [-0.05, 0) is 46.5 Å². The Morgan fingerprint density at radius 2 is 0.645 bits per heavy atom. The lowest BCUT2D eigenvalue weighted by molar-refractivity contribution is 0.439. The van der Waals surface area contributed by atoms with E-state index in [1.165, 1.54) is 12.2 Å². The van der Waals surface area contributed by atoms with Gasteiger partial charge >= 0.3 is 0 Å². The number of hydrogen-bond acceptors (Lipinski definition) is 0. The molecular weight excluding hydrogens is 805 g/mol. The molecule has 62 heavy (non-hydrogen) atoms. The van der Waals surface area contributed by atoms with Gasteiger partial charge in [-0.25, -0.2) is 35.1 Å². The highest BCUT2D eigenvalue weighted by atomic mass is 19.2. The molecule has 0 saturated carbocycles. The molecule has 0 aliphatic carbocycles. The van der Waals surface area contributed by atoms with Gasteiger partial charge in [0.15, 0.2) is 46.5 Å². The Kier molecular flexibility index (Phi) is 9.36. The maximum atomic E-state index is 15.5. The van der Waals surface area contributed by atoms with Crippen LogP contribution in [0, 0.1) is 46.5 Å². The van der Waals surface area contributed by atoms with Crippen LogP contribution in [-0.2, 0) is 0 Å². The zero-order valence-electron chi connectivity index (χ0n) is 32.0. The molecule has 0 unspecified atom stereocenters. The van der Waals surface area contributed by atoms with Gasteiger partial charge < -0.3 is 9.97 Å². The summed E-state index contributed by atoms with van der Waals surface area (Å²) in [7, 11) is 0. The van der Waals surface area contributed by atoms with Crippen molar-refractivity contribution >= 4 is 67.9 Å². The number of fused-ring (bicyclic) bond motifs is 6. The number of aromatic amines is 2. The van der Waals surface area contributed by atoms with Crippen LogP contribution in [-0.4, -0.2) is 9.97 Å². The second-order valence-corrected chi connectivity index (χ2v) is 14.8. The Hall–Kier alpha value is -7.72. The molecule has 10 aromatic rings. The Balaban J connectivity index is 0.921. The Morgan fingerprint density at radius 3 is 1.02 bits per heavy atom. The van der Waals surface area contributed by atoms with Gasteiger partial charge in [-0.1, -0.05) is 133 Å². The van der Waals surface area contributed by atoms with Crippen molar-refractivity contribution < 1.29 is 35.1 Å². The van der Waals surface area contributed by atoms with Gasteiger partial charge in [0, 0.05) is 43.7 Å². The second kappa shape index (κ2) is 15.1. The van der Waals surface area contributed by atoms with E-state index < -0.39 is 68.8 Å². The van der Waals surface area contributed by atoms with E-state index in [-0.39, 0.29) is 0 Å². The van der Waals surface area contributed by atoms with Crippen molar-refractivity contribution in [1.29, 1.82) is 0 Å². The molecule has 0 bridgehead atoms. The van der Waals surface area contributed by atoms with Gasteiger partial charge in [-0.2, -0.15) is 0 Å². The highest BCUT2D eigenvalue weighted by molar-refractivity contribution is 6.12. The van der Waals surface area contributed by atoms with Crippen LogP contribution in [0.1, 0.15) is 22.3 Å². The maximum absolute atomic E-state index is 15.5. The number of aromatic nitrogens is 2. The van der Waals surface area contributed by atoms with E-state index in [4.69, 9.17) is 0 Å². The third kappa shape index (κ3) is 6.25. The van der Waals surface area contributed by atoms with E-state index in [1.54, 1.807) is 48.5 Å².